The smallest absolute Gasteiger partial charge is 0.192 e. The van der Waals surface area contributed by atoms with Gasteiger partial charge in [0.25, 0.3) is 0 Å². The molecule has 0 radical (unpaired) electrons. The summed E-state index contributed by atoms with van der Waals surface area (Å²) in [6.45, 7) is 5.35. The predicted octanol–water partition coefficient (Wildman–Crippen LogP) is 2.00. The summed E-state index contributed by atoms with van der Waals surface area (Å²) in [6.07, 6.45) is 3.15. The quantitative estimate of drug-likeness (QED) is 0.318. The molecule has 1 aliphatic rings. The number of rotatable bonds is 7. The van der Waals surface area contributed by atoms with Crippen molar-refractivity contribution in [2.24, 2.45) is 4.99 Å². The normalized spacial score (nSPS) is 19.8. The number of thiophene rings is 1. The minimum absolute atomic E-state index is 0. The summed E-state index contributed by atoms with van der Waals surface area (Å²) in [4.78, 5) is 5.87. The first kappa shape index (κ1) is 23.1. The molecule has 0 spiro atoms. The van der Waals surface area contributed by atoms with Crippen LogP contribution in [0.25, 0.3) is 0 Å². The summed E-state index contributed by atoms with van der Waals surface area (Å²) in [5, 5.41) is 16.8. The number of aromatic nitrogens is 3. The second-order valence-corrected chi connectivity index (χ2v) is 9.86. The number of aryl methyl sites for hydroxylation is 1. The van der Waals surface area contributed by atoms with E-state index in [-0.39, 0.29) is 47.6 Å². The van der Waals surface area contributed by atoms with Gasteiger partial charge >= 0.3 is 0 Å². The largest absolute Gasteiger partial charge is 0.353 e. The third-order valence-corrected chi connectivity index (χ3v) is 7.34. The maximum absolute atomic E-state index is 11.8. The number of nitrogens with zero attached hydrogens (tertiary/aromatic N) is 4. The van der Waals surface area contributed by atoms with E-state index in [1.54, 1.807) is 17.7 Å². The molecule has 0 bridgehead atoms. The van der Waals surface area contributed by atoms with Crippen LogP contribution in [0.2, 0.25) is 0 Å². The highest BCUT2D eigenvalue weighted by Gasteiger charge is 2.28. The number of halogens is 1. The first-order valence-corrected chi connectivity index (χ1v) is 11.8. The lowest BCUT2D eigenvalue weighted by atomic mass is 10.2. The van der Waals surface area contributed by atoms with Crippen LogP contribution >= 0.6 is 35.3 Å². The molecular weight excluding hydrogens is 511 g/mol. The minimum Gasteiger partial charge on any atom is -0.353 e. The van der Waals surface area contributed by atoms with Crippen LogP contribution in [0.3, 0.4) is 0 Å². The van der Waals surface area contributed by atoms with Crippen LogP contribution in [0, 0.1) is 0 Å². The highest BCUT2D eigenvalue weighted by molar-refractivity contribution is 14.0. The number of hydrogen-bond donors (Lipinski definition) is 2. The van der Waals surface area contributed by atoms with Crippen LogP contribution in [0.15, 0.2) is 28.8 Å². The Kier molecular flexibility index (Phi) is 8.68. The molecule has 2 unspecified atom stereocenters. The van der Waals surface area contributed by atoms with Gasteiger partial charge in [0.2, 0.25) is 0 Å². The molecule has 2 atom stereocenters. The zero-order valence-electron chi connectivity index (χ0n) is 16.0. The average molecular weight is 538 g/mol. The van der Waals surface area contributed by atoms with Crippen molar-refractivity contribution in [2.75, 3.05) is 18.1 Å². The van der Waals surface area contributed by atoms with Gasteiger partial charge in [0, 0.05) is 23.9 Å². The van der Waals surface area contributed by atoms with E-state index in [0.29, 0.717) is 25.5 Å². The van der Waals surface area contributed by atoms with Crippen molar-refractivity contribution in [2.45, 2.75) is 45.3 Å². The third-order valence-electron chi connectivity index (χ3n) is 4.52. The van der Waals surface area contributed by atoms with Gasteiger partial charge in [0.1, 0.15) is 12.2 Å². The van der Waals surface area contributed by atoms with Gasteiger partial charge in [0.05, 0.1) is 24.1 Å². The van der Waals surface area contributed by atoms with Crippen molar-refractivity contribution < 1.29 is 8.42 Å². The first-order chi connectivity index (χ1) is 13.0. The van der Waals surface area contributed by atoms with Crippen LogP contribution in [-0.2, 0) is 22.8 Å². The molecule has 156 valence electrons. The van der Waals surface area contributed by atoms with E-state index >= 15 is 0 Å². The molecule has 0 aliphatic carbocycles. The summed E-state index contributed by atoms with van der Waals surface area (Å²) in [5.41, 5.74) is 0. The van der Waals surface area contributed by atoms with Crippen molar-refractivity contribution in [3.05, 3.63) is 34.5 Å². The van der Waals surface area contributed by atoms with E-state index in [0.717, 1.165) is 12.2 Å². The number of aliphatic imine (C=N–C) groups is 1. The van der Waals surface area contributed by atoms with E-state index in [9.17, 15) is 8.42 Å². The van der Waals surface area contributed by atoms with E-state index in [1.807, 2.05) is 22.9 Å². The van der Waals surface area contributed by atoms with E-state index in [1.165, 1.54) is 4.88 Å². The van der Waals surface area contributed by atoms with Gasteiger partial charge in [-0.3, -0.25) is 4.99 Å². The minimum atomic E-state index is -2.94. The molecule has 0 aromatic carbocycles. The Balaban J connectivity index is 0.00000280. The maximum atomic E-state index is 11.8. The Hall–Kier alpha value is -1.21. The SMILES string of the molecule is CCc1nncn1CCN=C(NC1CCS(=O)(=O)C1)NC(C)c1cccs1.I. The van der Waals surface area contributed by atoms with Gasteiger partial charge in [0.15, 0.2) is 15.8 Å². The third kappa shape index (κ3) is 6.41. The van der Waals surface area contributed by atoms with Gasteiger partial charge in [-0.1, -0.05) is 13.0 Å². The molecule has 2 N–H and O–H groups in total. The van der Waals surface area contributed by atoms with Gasteiger partial charge in [-0.15, -0.1) is 45.5 Å². The highest BCUT2D eigenvalue weighted by Crippen LogP contribution is 2.18. The zero-order valence-corrected chi connectivity index (χ0v) is 20.0. The monoisotopic (exact) mass is 538 g/mol. The molecule has 28 heavy (non-hydrogen) atoms. The molecule has 3 heterocycles. The van der Waals surface area contributed by atoms with Crippen molar-refractivity contribution >= 4 is 51.1 Å². The average Bonchev–Trinajstić information content (AvgIpc) is 3.35. The fourth-order valence-corrected chi connectivity index (χ4v) is 5.47. The van der Waals surface area contributed by atoms with E-state index in [4.69, 9.17) is 0 Å². The molecule has 1 saturated heterocycles. The summed E-state index contributed by atoms with van der Waals surface area (Å²) in [5.74, 6) is 1.97. The van der Waals surface area contributed by atoms with Crippen LogP contribution in [-0.4, -0.2) is 53.2 Å². The summed E-state index contributed by atoms with van der Waals surface area (Å²) in [6, 6.07) is 4.09. The van der Waals surface area contributed by atoms with Crippen LogP contribution < -0.4 is 10.6 Å². The molecule has 1 aliphatic heterocycles. The number of nitrogens with one attached hydrogen (secondary N) is 2. The highest BCUT2D eigenvalue weighted by atomic mass is 127. The van der Waals surface area contributed by atoms with Crippen LogP contribution in [0.5, 0.6) is 0 Å². The fraction of sp³-hybridized carbons (Fsp3) is 0.588. The molecule has 8 nitrogen and oxygen atoms in total. The Morgan fingerprint density at radius 2 is 2.32 bits per heavy atom. The molecule has 2 aromatic heterocycles. The lowest BCUT2D eigenvalue weighted by Gasteiger charge is -2.20. The number of sulfone groups is 1. The Morgan fingerprint density at radius 3 is 2.96 bits per heavy atom. The van der Waals surface area contributed by atoms with E-state index < -0.39 is 9.84 Å². The Morgan fingerprint density at radius 1 is 1.50 bits per heavy atom. The lowest BCUT2D eigenvalue weighted by molar-refractivity contribution is 0.597. The Bertz CT molecular complexity index is 866. The first-order valence-electron chi connectivity index (χ1n) is 9.15. The summed E-state index contributed by atoms with van der Waals surface area (Å²) < 4.78 is 25.5. The summed E-state index contributed by atoms with van der Waals surface area (Å²) in [7, 11) is -2.94. The molecule has 11 heteroatoms. The van der Waals surface area contributed by atoms with E-state index in [2.05, 4.69) is 38.8 Å². The van der Waals surface area contributed by atoms with Crippen molar-refractivity contribution in [3.8, 4) is 0 Å². The van der Waals surface area contributed by atoms with Gasteiger partial charge in [-0.2, -0.15) is 0 Å². The van der Waals surface area contributed by atoms with Crippen molar-refractivity contribution in [1.29, 1.82) is 0 Å². The molecule has 1 fully saturated rings. The Labute approximate surface area is 187 Å². The van der Waals surface area contributed by atoms with Gasteiger partial charge in [-0.25, -0.2) is 8.42 Å². The zero-order chi connectivity index (χ0) is 19.3. The van der Waals surface area contributed by atoms with Crippen LogP contribution in [0.1, 0.15) is 37.0 Å². The molecule has 0 amide bonds. The lowest BCUT2D eigenvalue weighted by Crippen LogP contribution is -2.45. The molecule has 0 saturated carbocycles. The number of guanidine groups is 1. The molecule has 3 rings (SSSR count). The van der Waals surface area contributed by atoms with Gasteiger partial charge < -0.3 is 15.2 Å². The number of hydrogen-bond acceptors (Lipinski definition) is 6. The fourth-order valence-electron chi connectivity index (χ4n) is 3.06. The van der Waals surface area contributed by atoms with Crippen molar-refractivity contribution in [1.82, 2.24) is 25.4 Å². The maximum Gasteiger partial charge on any atom is 0.192 e. The summed E-state index contributed by atoms with van der Waals surface area (Å²) >= 11 is 1.68. The predicted molar refractivity (Wildman–Crippen MR) is 123 cm³/mol. The molecule has 2 aromatic rings. The second kappa shape index (κ2) is 10.5. The van der Waals surface area contributed by atoms with Crippen molar-refractivity contribution in [3.63, 3.8) is 0 Å². The molecular formula is C17H27IN6O2S2. The van der Waals surface area contributed by atoms with Gasteiger partial charge in [-0.05, 0) is 24.8 Å². The van der Waals surface area contributed by atoms with Crippen LogP contribution in [0.4, 0.5) is 0 Å². The second-order valence-electron chi connectivity index (χ2n) is 6.65. The topological polar surface area (TPSA) is 101 Å². The standard InChI is InChI=1S/C17H26N6O2S2.HI/c1-3-16-22-19-12-23(16)8-7-18-17(20-13(2)15-5-4-9-26-15)21-14-6-10-27(24,25)11-14;/h4-5,9,12-14H,3,6-8,10-11H2,1-2H3,(H2,18,20,21);1H.